The van der Waals surface area contributed by atoms with Crippen LogP contribution in [-0.4, -0.2) is 43.5 Å². The Kier molecular flexibility index (Phi) is 10.0. The monoisotopic (exact) mass is 425 g/mol. The smallest absolute Gasteiger partial charge is 0.269 e. The quantitative estimate of drug-likeness (QED) is 0.169. The lowest BCUT2D eigenvalue weighted by molar-refractivity contribution is -0.384. The van der Waals surface area contributed by atoms with Gasteiger partial charge in [-0.05, 0) is 55.9 Å². The third kappa shape index (κ3) is 8.46. The summed E-state index contributed by atoms with van der Waals surface area (Å²) in [6.07, 6.45) is 3.56. The van der Waals surface area contributed by atoms with Crippen molar-refractivity contribution < 1.29 is 9.72 Å². The Labute approximate surface area is 183 Å². The number of nitro benzene ring substituents is 1. The number of nitrogens with zero attached hydrogens (tertiary/aromatic N) is 2. The second-order valence-electron chi connectivity index (χ2n) is 7.10. The van der Waals surface area contributed by atoms with Crippen molar-refractivity contribution in [1.29, 1.82) is 0 Å². The van der Waals surface area contributed by atoms with E-state index in [-0.39, 0.29) is 16.5 Å². The van der Waals surface area contributed by atoms with Crippen LogP contribution in [0.15, 0.2) is 53.5 Å². The van der Waals surface area contributed by atoms with Crippen LogP contribution in [0.2, 0.25) is 0 Å². The SMILES string of the molecule is CCNC(=NCCCCc1ccc([N+](=O)[O-])cc1)NCCc1cccc(C(=O)NC)c1. The largest absolute Gasteiger partial charge is 0.357 e. The highest BCUT2D eigenvalue weighted by Gasteiger charge is 2.05. The maximum Gasteiger partial charge on any atom is 0.269 e. The van der Waals surface area contributed by atoms with E-state index in [1.165, 1.54) is 0 Å². The number of amides is 1. The average Bonchev–Trinajstić information content (AvgIpc) is 2.78. The average molecular weight is 426 g/mol. The van der Waals surface area contributed by atoms with Crippen molar-refractivity contribution in [2.75, 3.05) is 26.7 Å². The van der Waals surface area contributed by atoms with E-state index in [0.717, 1.165) is 49.3 Å². The van der Waals surface area contributed by atoms with Crippen LogP contribution in [0.5, 0.6) is 0 Å². The van der Waals surface area contributed by atoms with E-state index in [1.54, 1.807) is 25.2 Å². The van der Waals surface area contributed by atoms with Crippen LogP contribution in [0.25, 0.3) is 0 Å². The first-order chi connectivity index (χ1) is 15.0. The molecule has 0 spiro atoms. The number of hydrogen-bond donors (Lipinski definition) is 3. The Hall–Kier alpha value is -3.42. The molecule has 2 aromatic carbocycles. The van der Waals surface area contributed by atoms with Crippen LogP contribution in [0.1, 0.15) is 41.3 Å². The fourth-order valence-corrected chi connectivity index (χ4v) is 3.10. The van der Waals surface area contributed by atoms with Gasteiger partial charge in [0, 0.05) is 44.4 Å². The van der Waals surface area contributed by atoms with Crippen molar-refractivity contribution in [1.82, 2.24) is 16.0 Å². The summed E-state index contributed by atoms with van der Waals surface area (Å²) < 4.78 is 0. The Bertz CT molecular complexity index is 881. The number of benzene rings is 2. The molecule has 0 saturated carbocycles. The van der Waals surface area contributed by atoms with E-state index in [0.29, 0.717) is 18.7 Å². The van der Waals surface area contributed by atoms with Crippen molar-refractivity contribution in [3.05, 3.63) is 75.3 Å². The summed E-state index contributed by atoms with van der Waals surface area (Å²) >= 11 is 0. The second-order valence-corrected chi connectivity index (χ2v) is 7.10. The maximum absolute atomic E-state index is 11.8. The van der Waals surface area contributed by atoms with Crippen LogP contribution < -0.4 is 16.0 Å². The zero-order valence-electron chi connectivity index (χ0n) is 18.2. The number of aryl methyl sites for hydroxylation is 1. The van der Waals surface area contributed by atoms with Crippen molar-refractivity contribution in [3.8, 4) is 0 Å². The predicted molar refractivity (Wildman–Crippen MR) is 124 cm³/mol. The minimum atomic E-state index is -0.383. The van der Waals surface area contributed by atoms with E-state index in [1.807, 2.05) is 37.3 Å². The van der Waals surface area contributed by atoms with Crippen LogP contribution in [0.3, 0.4) is 0 Å². The lowest BCUT2D eigenvalue weighted by Crippen LogP contribution is -2.38. The van der Waals surface area contributed by atoms with Crippen LogP contribution in [0, 0.1) is 10.1 Å². The summed E-state index contributed by atoms with van der Waals surface area (Å²) in [5, 5.41) is 19.9. The van der Waals surface area contributed by atoms with Gasteiger partial charge >= 0.3 is 0 Å². The number of carbonyl (C=O) groups excluding carboxylic acids is 1. The van der Waals surface area contributed by atoms with Crippen molar-refractivity contribution in [2.45, 2.75) is 32.6 Å². The fourth-order valence-electron chi connectivity index (χ4n) is 3.10. The van der Waals surface area contributed by atoms with E-state index in [4.69, 9.17) is 0 Å². The second kappa shape index (κ2) is 13.0. The van der Waals surface area contributed by atoms with E-state index in [2.05, 4.69) is 20.9 Å². The molecule has 0 fully saturated rings. The van der Waals surface area contributed by atoms with E-state index < -0.39 is 0 Å². The number of rotatable bonds is 11. The van der Waals surface area contributed by atoms with Gasteiger partial charge in [-0.15, -0.1) is 0 Å². The number of unbranched alkanes of at least 4 members (excludes halogenated alkanes) is 1. The number of guanidine groups is 1. The minimum Gasteiger partial charge on any atom is -0.357 e. The molecule has 0 heterocycles. The molecule has 0 saturated heterocycles. The molecular formula is C23H31N5O3. The summed E-state index contributed by atoms with van der Waals surface area (Å²) in [5.41, 5.74) is 2.97. The molecule has 8 heteroatoms. The summed E-state index contributed by atoms with van der Waals surface area (Å²) in [5.74, 6) is 0.693. The molecule has 166 valence electrons. The molecular weight excluding hydrogens is 394 g/mol. The number of nitrogens with one attached hydrogen (secondary N) is 3. The highest BCUT2D eigenvalue weighted by molar-refractivity contribution is 5.94. The zero-order chi connectivity index (χ0) is 22.5. The minimum absolute atomic E-state index is 0.0848. The highest BCUT2D eigenvalue weighted by atomic mass is 16.6. The summed E-state index contributed by atoms with van der Waals surface area (Å²) in [6, 6.07) is 14.3. The van der Waals surface area contributed by atoms with Gasteiger partial charge in [-0.25, -0.2) is 0 Å². The topological polar surface area (TPSA) is 109 Å². The molecule has 0 aliphatic rings. The molecule has 0 aliphatic carbocycles. The predicted octanol–water partition coefficient (Wildman–Crippen LogP) is 3.07. The third-order valence-electron chi connectivity index (χ3n) is 4.76. The summed E-state index contributed by atoms with van der Waals surface area (Å²) in [7, 11) is 1.63. The van der Waals surface area contributed by atoms with Gasteiger partial charge in [0.15, 0.2) is 5.96 Å². The molecule has 2 aromatic rings. The highest BCUT2D eigenvalue weighted by Crippen LogP contribution is 2.13. The Balaban J connectivity index is 1.74. The molecule has 31 heavy (non-hydrogen) atoms. The molecule has 1 amide bonds. The number of non-ortho nitro benzene ring substituents is 1. The molecule has 2 rings (SSSR count). The first-order valence-corrected chi connectivity index (χ1v) is 10.6. The molecule has 3 N–H and O–H groups in total. The Morgan fingerprint density at radius 1 is 1.03 bits per heavy atom. The molecule has 0 aliphatic heterocycles. The number of aliphatic imine (C=N–C) groups is 1. The van der Waals surface area contributed by atoms with Gasteiger partial charge < -0.3 is 16.0 Å². The zero-order valence-corrected chi connectivity index (χ0v) is 18.2. The number of hydrogen-bond acceptors (Lipinski definition) is 4. The molecule has 0 bridgehead atoms. The summed E-state index contributed by atoms with van der Waals surface area (Å²) in [4.78, 5) is 26.7. The lowest BCUT2D eigenvalue weighted by Gasteiger charge is -2.11. The number of nitro groups is 1. The van der Waals surface area contributed by atoms with E-state index in [9.17, 15) is 14.9 Å². The lowest BCUT2D eigenvalue weighted by atomic mass is 10.1. The fraction of sp³-hybridized carbons (Fsp3) is 0.391. The van der Waals surface area contributed by atoms with Crippen molar-refractivity contribution in [2.24, 2.45) is 4.99 Å². The molecule has 0 atom stereocenters. The van der Waals surface area contributed by atoms with Crippen LogP contribution >= 0.6 is 0 Å². The van der Waals surface area contributed by atoms with Gasteiger partial charge in [0.25, 0.3) is 11.6 Å². The Morgan fingerprint density at radius 2 is 1.81 bits per heavy atom. The van der Waals surface area contributed by atoms with Crippen LogP contribution in [-0.2, 0) is 12.8 Å². The number of carbonyl (C=O) groups is 1. The van der Waals surface area contributed by atoms with Gasteiger partial charge in [-0.3, -0.25) is 19.9 Å². The molecule has 0 aromatic heterocycles. The van der Waals surface area contributed by atoms with E-state index >= 15 is 0 Å². The maximum atomic E-state index is 11.8. The van der Waals surface area contributed by atoms with Crippen LogP contribution in [0.4, 0.5) is 5.69 Å². The Morgan fingerprint density at radius 3 is 2.48 bits per heavy atom. The third-order valence-corrected chi connectivity index (χ3v) is 4.76. The normalized spacial score (nSPS) is 11.1. The first kappa shape index (κ1) is 23.9. The van der Waals surface area contributed by atoms with Gasteiger partial charge in [0.05, 0.1) is 4.92 Å². The van der Waals surface area contributed by atoms with Gasteiger partial charge in [0.1, 0.15) is 0 Å². The first-order valence-electron chi connectivity index (χ1n) is 10.6. The van der Waals surface area contributed by atoms with Crippen molar-refractivity contribution >= 4 is 17.6 Å². The standard InChI is InChI=1S/C23H31N5O3/c1-3-25-23(27-16-14-19-8-6-9-20(17-19)22(29)24-2)26-15-5-4-7-18-10-12-21(13-11-18)28(30)31/h6,8-13,17H,3-5,7,14-16H2,1-2H3,(H,24,29)(H2,25,26,27). The molecule has 0 unspecified atom stereocenters. The van der Waals surface area contributed by atoms with Crippen molar-refractivity contribution in [3.63, 3.8) is 0 Å². The van der Waals surface area contributed by atoms with Gasteiger partial charge in [0.2, 0.25) is 0 Å². The molecule has 8 nitrogen and oxygen atoms in total. The van der Waals surface area contributed by atoms with Gasteiger partial charge in [-0.1, -0.05) is 24.3 Å². The molecule has 0 radical (unpaired) electrons. The van der Waals surface area contributed by atoms with Gasteiger partial charge in [-0.2, -0.15) is 0 Å². The summed E-state index contributed by atoms with van der Waals surface area (Å²) in [6.45, 7) is 4.22.